The Bertz CT molecular complexity index is 981. The Morgan fingerprint density at radius 2 is 2.10 bits per heavy atom. The molecule has 9 nitrogen and oxygen atoms in total. The van der Waals surface area contributed by atoms with Crippen LogP contribution in [-0.2, 0) is 16.1 Å². The molecule has 0 radical (unpaired) electrons. The number of nitrogens with zero attached hydrogens (tertiary/aromatic N) is 5. The Kier molecular flexibility index (Phi) is 5.51. The molecule has 2 amide bonds. The summed E-state index contributed by atoms with van der Waals surface area (Å²) in [5.41, 5.74) is 0.392. The molecule has 166 valence electrons. The Morgan fingerprint density at radius 3 is 2.74 bits per heavy atom. The maximum Gasteiger partial charge on any atom is 0.252 e. The number of aliphatic hydroxyl groups is 1. The minimum atomic E-state index is -1.11. The molecule has 1 aliphatic carbocycles. The summed E-state index contributed by atoms with van der Waals surface area (Å²) in [6, 6.07) is 5.27. The highest BCUT2D eigenvalue weighted by molar-refractivity contribution is 6.30. The maximum absolute atomic E-state index is 13.2. The fourth-order valence-corrected chi connectivity index (χ4v) is 4.86. The van der Waals surface area contributed by atoms with E-state index in [4.69, 9.17) is 11.6 Å². The normalized spacial score (nSPS) is 23.4. The molecule has 1 aromatic carbocycles. The van der Waals surface area contributed by atoms with Crippen molar-refractivity contribution in [3.05, 3.63) is 35.1 Å². The first kappa shape index (κ1) is 21.7. The van der Waals surface area contributed by atoms with Gasteiger partial charge in [0.25, 0.3) is 5.91 Å². The van der Waals surface area contributed by atoms with Crippen molar-refractivity contribution in [3.63, 3.8) is 0 Å². The van der Waals surface area contributed by atoms with Gasteiger partial charge in [-0.15, -0.1) is 5.10 Å². The van der Waals surface area contributed by atoms with Crippen LogP contribution in [-0.4, -0.2) is 60.2 Å². The summed E-state index contributed by atoms with van der Waals surface area (Å²) in [4.78, 5) is 27.8. The second-order valence-electron chi connectivity index (χ2n) is 9.75. The van der Waals surface area contributed by atoms with E-state index < -0.39 is 11.6 Å². The molecule has 2 aliphatic heterocycles. The summed E-state index contributed by atoms with van der Waals surface area (Å²) in [5, 5.41) is 25.2. The second kappa shape index (κ2) is 7.87. The van der Waals surface area contributed by atoms with Crippen molar-refractivity contribution in [3.8, 4) is 5.69 Å². The van der Waals surface area contributed by atoms with Gasteiger partial charge in [-0.3, -0.25) is 9.59 Å². The van der Waals surface area contributed by atoms with Gasteiger partial charge in [-0.1, -0.05) is 32.4 Å². The minimum Gasteiger partial charge on any atom is -0.383 e. The molecule has 3 aliphatic rings. The number of carbonyl (C=O) groups excluding carboxylic acids is 2. The van der Waals surface area contributed by atoms with Gasteiger partial charge >= 0.3 is 0 Å². The predicted octanol–water partition coefficient (Wildman–Crippen LogP) is 1.72. The van der Waals surface area contributed by atoms with Crippen molar-refractivity contribution in [1.29, 1.82) is 0 Å². The average Bonchev–Trinajstić information content (AvgIpc) is 3.38. The smallest absolute Gasteiger partial charge is 0.252 e. The van der Waals surface area contributed by atoms with E-state index in [1.807, 2.05) is 20.8 Å². The van der Waals surface area contributed by atoms with E-state index in [2.05, 4.69) is 20.8 Å². The van der Waals surface area contributed by atoms with E-state index in [0.29, 0.717) is 42.4 Å². The number of hydrogen-bond donors (Lipinski definition) is 2. The molecule has 10 heteroatoms. The van der Waals surface area contributed by atoms with Crippen LogP contribution in [0.5, 0.6) is 0 Å². The molecule has 2 aromatic rings. The molecule has 0 spiro atoms. The van der Waals surface area contributed by atoms with Gasteiger partial charge in [-0.05, 0) is 64.8 Å². The van der Waals surface area contributed by atoms with E-state index in [1.54, 1.807) is 23.1 Å². The Hall–Kier alpha value is -2.52. The number of carbonyl (C=O) groups is 2. The lowest BCUT2D eigenvalue weighted by atomic mass is 9.72. The lowest BCUT2D eigenvalue weighted by molar-refractivity contribution is -0.152. The zero-order valence-electron chi connectivity index (χ0n) is 17.9. The van der Waals surface area contributed by atoms with Crippen LogP contribution >= 0.6 is 11.6 Å². The third-order valence-corrected chi connectivity index (χ3v) is 6.30. The third kappa shape index (κ3) is 4.16. The van der Waals surface area contributed by atoms with Crippen LogP contribution in [0.2, 0.25) is 5.02 Å². The van der Waals surface area contributed by atoms with Crippen molar-refractivity contribution in [2.24, 2.45) is 11.3 Å². The molecule has 2 saturated heterocycles. The summed E-state index contributed by atoms with van der Waals surface area (Å²) in [7, 11) is 0. The molecule has 3 fully saturated rings. The van der Waals surface area contributed by atoms with Crippen LogP contribution in [0.3, 0.4) is 0 Å². The minimum absolute atomic E-state index is 0.188. The summed E-state index contributed by atoms with van der Waals surface area (Å²) in [6.07, 6.45) is 1.97. The lowest BCUT2D eigenvalue weighted by Crippen LogP contribution is -2.60. The van der Waals surface area contributed by atoms with Crippen LogP contribution in [0.15, 0.2) is 24.5 Å². The fraction of sp³-hybridized carbons (Fsp3) is 0.571. The maximum atomic E-state index is 13.2. The highest BCUT2D eigenvalue weighted by Crippen LogP contribution is 2.51. The van der Waals surface area contributed by atoms with E-state index in [1.165, 1.54) is 11.0 Å². The molecule has 5 rings (SSSR count). The predicted molar refractivity (Wildman–Crippen MR) is 113 cm³/mol. The SMILES string of the molecule is CC(C)(C)C[C@@H](O)C(=O)N1CC2CC1(C(=O)NCc1cc(Cl)ccc1-n1cnnn1)C2. The van der Waals surface area contributed by atoms with Crippen LogP contribution in [0, 0.1) is 11.3 Å². The standard InChI is InChI=1S/C21H27ClN6O3/c1-20(2,3)9-17(29)18(30)27-11-13-7-21(27,8-13)19(31)23-10-14-6-15(22)4-5-16(14)28-12-24-25-26-28/h4-6,12-13,17,29H,7-11H2,1-3H3,(H,23,31)/t13?,17-,21?/m1/s1. The average molecular weight is 447 g/mol. The number of amides is 2. The van der Waals surface area contributed by atoms with E-state index in [0.717, 1.165) is 5.56 Å². The zero-order chi connectivity index (χ0) is 22.4. The fourth-order valence-electron chi connectivity index (χ4n) is 4.66. The molecule has 1 atom stereocenters. The number of nitrogens with one attached hydrogen (secondary N) is 1. The zero-order valence-corrected chi connectivity index (χ0v) is 18.6. The van der Waals surface area contributed by atoms with Gasteiger partial charge in [0.2, 0.25) is 5.91 Å². The van der Waals surface area contributed by atoms with E-state index in [-0.39, 0.29) is 23.8 Å². The van der Waals surface area contributed by atoms with Crippen molar-refractivity contribution in [2.75, 3.05) is 6.54 Å². The van der Waals surface area contributed by atoms with Crippen LogP contribution in [0.25, 0.3) is 5.69 Å². The van der Waals surface area contributed by atoms with E-state index in [9.17, 15) is 14.7 Å². The molecular weight excluding hydrogens is 420 g/mol. The summed E-state index contributed by atoms with van der Waals surface area (Å²) < 4.78 is 1.50. The van der Waals surface area contributed by atoms with Gasteiger partial charge < -0.3 is 15.3 Å². The summed E-state index contributed by atoms with van der Waals surface area (Å²) in [5.74, 6) is -0.262. The Labute approximate surface area is 185 Å². The molecule has 2 N–H and O–H groups in total. The highest BCUT2D eigenvalue weighted by atomic mass is 35.5. The first-order valence-electron chi connectivity index (χ1n) is 10.4. The molecule has 31 heavy (non-hydrogen) atoms. The first-order valence-corrected chi connectivity index (χ1v) is 10.8. The van der Waals surface area contributed by atoms with Crippen LogP contribution in [0.1, 0.15) is 45.6 Å². The van der Waals surface area contributed by atoms with E-state index >= 15 is 0 Å². The first-order chi connectivity index (χ1) is 14.6. The van der Waals surface area contributed by atoms with Crippen molar-refractivity contribution in [2.45, 2.75) is 58.2 Å². The Balaban J connectivity index is 1.48. The number of fused-ring (bicyclic) bond motifs is 1. The number of aliphatic hydroxyl groups excluding tert-OH is 1. The van der Waals surface area contributed by atoms with Gasteiger partial charge in [0.05, 0.1) is 5.69 Å². The van der Waals surface area contributed by atoms with Crippen LogP contribution < -0.4 is 5.32 Å². The highest BCUT2D eigenvalue weighted by Gasteiger charge is 2.62. The third-order valence-electron chi connectivity index (χ3n) is 6.07. The molecule has 0 unspecified atom stereocenters. The van der Waals surface area contributed by atoms with Gasteiger partial charge in [0.15, 0.2) is 0 Å². The largest absolute Gasteiger partial charge is 0.383 e. The number of aromatic nitrogens is 4. The van der Waals surface area contributed by atoms with Crippen molar-refractivity contribution < 1.29 is 14.7 Å². The van der Waals surface area contributed by atoms with Gasteiger partial charge in [-0.2, -0.15) is 0 Å². The molecule has 1 aromatic heterocycles. The Morgan fingerprint density at radius 1 is 1.35 bits per heavy atom. The topological polar surface area (TPSA) is 113 Å². The van der Waals surface area contributed by atoms with Gasteiger partial charge in [-0.25, -0.2) is 4.68 Å². The summed E-state index contributed by atoms with van der Waals surface area (Å²) >= 11 is 6.15. The molecule has 1 saturated carbocycles. The van der Waals surface area contributed by atoms with Gasteiger partial charge in [0, 0.05) is 18.1 Å². The van der Waals surface area contributed by atoms with Crippen molar-refractivity contribution >= 4 is 23.4 Å². The summed E-state index contributed by atoms with van der Waals surface area (Å²) in [6.45, 7) is 6.66. The number of halogens is 1. The van der Waals surface area contributed by atoms with Crippen molar-refractivity contribution in [1.82, 2.24) is 30.4 Å². The number of rotatable bonds is 6. The van der Waals surface area contributed by atoms with Gasteiger partial charge in [0.1, 0.15) is 18.0 Å². The number of benzene rings is 1. The quantitative estimate of drug-likeness (QED) is 0.698. The lowest BCUT2D eigenvalue weighted by Gasteiger charge is -2.41. The molecule has 2 bridgehead atoms. The monoisotopic (exact) mass is 446 g/mol. The number of tetrazole rings is 1. The van der Waals surface area contributed by atoms with Crippen LogP contribution in [0.4, 0.5) is 0 Å². The second-order valence-corrected chi connectivity index (χ2v) is 10.2. The molecule has 3 heterocycles. The molecular formula is C21H27ClN6O3. The number of hydrogen-bond acceptors (Lipinski definition) is 6.